The molecule has 4 aromatic rings. The molecule has 0 aliphatic heterocycles. The van der Waals surface area contributed by atoms with Gasteiger partial charge in [0.05, 0.1) is 0 Å². The van der Waals surface area contributed by atoms with Gasteiger partial charge in [0.15, 0.2) is 46.5 Å². The standard InChI is InChI=1S/C25H34OS2.C23H20F10OS2/c1-22(26)10-8-9-15-25(28-21-17-24-13-6-3-7-14-24)18-20-27-19-16-23-11-4-2-5-12-23;1-10(34)4-2-3-5-11(36-9-13-16(26)20(30)23(33)21(31)17(13)27)6-7-35-8-12-14(24)18(28)22(32)19(29)15(12)25/h2-7,11-14,25H,8-10,15-21H2,1H3;11H,2-9H2,1H3. The third-order valence-corrected chi connectivity index (χ3v) is 14.9. The number of ketones is 2. The molecule has 64 heavy (non-hydrogen) atoms. The number of rotatable bonds is 28. The number of carbonyl (C=O) groups is 2. The number of Topliss-reactive ketones (excluding diaryl/α,β-unsaturated/α-hetero) is 2. The zero-order chi connectivity index (χ0) is 47.0. The molecule has 0 radical (unpaired) electrons. The summed E-state index contributed by atoms with van der Waals surface area (Å²) in [6.07, 6.45) is 9.68. The van der Waals surface area contributed by atoms with Gasteiger partial charge in [-0.3, -0.25) is 0 Å². The predicted octanol–water partition coefficient (Wildman–Crippen LogP) is 15.0. The van der Waals surface area contributed by atoms with Crippen molar-refractivity contribution < 1.29 is 53.5 Å². The summed E-state index contributed by atoms with van der Waals surface area (Å²) in [6.45, 7) is 3.10. The second kappa shape index (κ2) is 30.3. The third kappa shape index (κ3) is 19.4. The van der Waals surface area contributed by atoms with E-state index in [1.807, 2.05) is 0 Å². The first-order valence-corrected chi connectivity index (χ1v) is 25.5. The maximum Gasteiger partial charge on any atom is 0.200 e. The highest BCUT2D eigenvalue weighted by Gasteiger charge is 2.27. The summed E-state index contributed by atoms with van der Waals surface area (Å²) in [6, 6.07) is 21.6. The van der Waals surface area contributed by atoms with Gasteiger partial charge in [-0.2, -0.15) is 47.0 Å². The number of hydrogen-bond acceptors (Lipinski definition) is 6. The van der Waals surface area contributed by atoms with Gasteiger partial charge in [-0.1, -0.05) is 73.5 Å². The van der Waals surface area contributed by atoms with Crippen molar-refractivity contribution in [2.24, 2.45) is 0 Å². The normalized spacial score (nSPS) is 12.2. The van der Waals surface area contributed by atoms with Crippen LogP contribution in [0.2, 0.25) is 0 Å². The Balaban J connectivity index is 0.000000351. The molecule has 2 atom stereocenters. The van der Waals surface area contributed by atoms with E-state index < -0.39 is 86.1 Å². The van der Waals surface area contributed by atoms with Crippen LogP contribution in [-0.2, 0) is 33.9 Å². The number of benzene rings is 4. The Morgan fingerprint density at radius 1 is 0.422 bits per heavy atom. The monoisotopic (exact) mass is 980 g/mol. The van der Waals surface area contributed by atoms with Gasteiger partial charge < -0.3 is 9.59 Å². The molecule has 0 fully saturated rings. The van der Waals surface area contributed by atoms with Crippen LogP contribution in [0.25, 0.3) is 0 Å². The highest BCUT2D eigenvalue weighted by Crippen LogP contribution is 2.33. The van der Waals surface area contributed by atoms with Crippen LogP contribution in [0.1, 0.15) is 100 Å². The molecular formula is C48H54F10O2S4. The Labute approximate surface area is 387 Å². The molecule has 2 unspecified atom stereocenters. The molecule has 2 nitrogen and oxygen atoms in total. The molecule has 0 saturated carbocycles. The molecule has 0 aliphatic carbocycles. The Kier molecular flexibility index (Phi) is 26.1. The molecule has 0 saturated heterocycles. The maximum atomic E-state index is 14.0. The van der Waals surface area contributed by atoms with Gasteiger partial charge in [-0.15, -0.1) is 0 Å². The lowest BCUT2D eigenvalue weighted by molar-refractivity contribution is -0.117. The second-order valence-electron chi connectivity index (χ2n) is 15.1. The van der Waals surface area contributed by atoms with E-state index in [0.717, 1.165) is 54.5 Å². The molecule has 0 bridgehead atoms. The summed E-state index contributed by atoms with van der Waals surface area (Å²) in [5, 5.41) is 0.302. The lowest BCUT2D eigenvalue weighted by atomic mass is 10.1. The van der Waals surface area contributed by atoms with Crippen molar-refractivity contribution in [2.45, 2.75) is 113 Å². The molecule has 0 aromatic heterocycles. The van der Waals surface area contributed by atoms with Crippen molar-refractivity contribution in [3.05, 3.63) is 141 Å². The van der Waals surface area contributed by atoms with Crippen LogP contribution >= 0.6 is 47.0 Å². The van der Waals surface area contributed by atoms with Gasteiger partial charge in [0.25, 0.3) is 0 Å². The smallest absolute Gasteiger partial charge is 0.200 e. The molecule has 0 spiro atoms. The van der Waals surface area contributed by atoms with Gasteiger partial charge >= 0.3 is 0 Å². The summed E-state index contributed by atoms with van der Waals surface area (Å²) >= 11 is 5.95. The van der Waals surface area contributed by atoms with Crippen molar-refractivity contribution >= 4 is 58.6 Å². The third-order valence-electron chi connectivity index (χ3n) is 10.1. The SMILES string of the molecule is CC(=O)CCCCC(CCSCCc1ccccc1)SCCc1ccccc1.CC(=O)CCCCC(CCSCc1c(F)c(F)c(F)c(F)c1F)SCc1c(F)c(F)c(F)c(F)c1F. The minimum Gasteiger partial charge on any atom is -0.300 e. The quantitative estimate of drug-likeness (QED) is 0.0244. The first-order valence-electron chi connectivity index (χ1n) is 21.1. The van der Waals surface area contributed by atoms with Crippen LogP contribution in [0, 0.1) is 58.2 Å². The van der Waals surface area contributed by atoms with Gasteiger partial charge in [0.1, 0.15) is 11.6 Å². The van der Waals surface area contributed by atoms with Crippen molar-refractivity contribution in [1.82, 2.24) is 0 Å². The molecule has 0 heterocycles. The van der Waals surface area contributed by atoms with E-state index in [2.05, 4.69) is 84.2 Å². The average molecular weight is 981 g/mol. The lowest BCUT2D eigenvalue weighted by Crippen LogP contribution is -2.10. The summed E-state index contributed by atoms with van der Waals surface area (Å²) in [4.78, 5) is 22.3. The number of thioether (sulfide) groups is 4. The molecular weight excluding hydrogens is 927 g/mol. The van der Waals surface area contributed by atoms with Crippen molar-refractivity contribution in [3.63, 3.8) is 0 Å². The fourth-order valence-electron chi connectivity index (χ4n) is 6.40. The van der Waals surface area contributed by atoms with E-state index >= 15 is 0 Å². The van der Waals surface area contributed by atoms with Crippen LogP contribution in [0.4, 0.5) is 43.9 Å². The maximum absolute atomic E-state index is 14.0. The summed E-state index contributed by atoms with van der Waals surface area (Å²) < 4.78 is 136. The topological polar surface area (TPSA) is 34.1 Å². The Morgan fingerprint density at radius 3 is 1.23 bits per heavy atom. The Bertz CT molecular complexity index is 1980. The summed E-state index contributed by atoms with van der Waals surface area (Å²) in [5.41, 5.74) is 0.873. The molecule has 352 valence electrons. The molecule has 16 heteroatoms. The fourth-order valence-corrected chi connectivity index (χ4v) is 11.4. The van der Waals surface area contributed by atoms with Gasteiger partial charge in [0, 0.05) is 46.0 Å². The molecule has 0 amide bonds. The van der Waals surface area contributed by atoms with E-state index in [1.54, 1.807) is 6.92 Å². The molecule has 0 N–H and O–H groups in total. The van der Waals surface area contributed by atoms with Gasteiger partial charge in [-0.05, 0) is 99.4 Å². The molecule has 0 aliphatic rings. The number of halogens is 10. The Morgan fingerprint density at radius 2 is 0.797 bits per heavy atom. The summed E-state index contributed by atoms with van der Waals surface area (Å²) in [5.74, 6) is -17.7. The van der Waals surface area contributed by atoms with Crippen molar-refractivity contribution in [3.8, 4) is 0 Å². The van der Waals surface area contributed by atoms with E-state index in [1.165, 1.54) is 54.6 Å². The van der Waals surface area contributed by atoms with Gasteiger partial charge in [0.2, 0.25) is 11.6 Å². The van der Waals surface area contributed by atoms with Crippen LogP contribution in [0.15, 0.2) is 60.7 Å². The van der Waals surface area contributed by atoms with Crippen molar-refractivity contribution in [2.75, 3.05) is 23.0 Å². The lowest BCUT2D eigenvalue weighted by Gasteiger charge is -2.17. The minimum absolute atomic E-state index is 0.0565. The highest BCUT2D eigenvalue weighted by atomic mass is 32.2. The second-order valence-corrected chi connectivity index (χ2v) is 20.2. The van der Waals surface area contributed by atoms with Crippen LogP contribution in [0.5, 0.6) is 0 Å². The van der Waals surface area contributed by atoms with E-state index in [9.17, 15) is 53.5 Å². The van der Waals surface area contributed by atoms with Crippen LogP contribution in [0.3, 0.4) is 0 Å². The Hall–Kier alpha value is -3.08. The minimum atomic E-state index is -2.27. The number of aryl methyl sites for hydroxylation is 2. The first kappa shape index (κ1) is 55.2. The first-order chi connectivity index (χ1) is 30.6. The largest absolute Gasteiger partial charge is 0.300 e. The van der Waals surface area contributed by atoms with E-state index in [4.69, 9.17) is 0 Å². The summed E-state index contributed by atoms with van der Waals surface area (Å²) in [7, 11) is 0. The number of unbranched alkanes of at least 4 members (excludes halogenated alkanes) is 2. The van der Waals surface area contributed by atoms with Crippen molar-refractivity contribution in [1.29, 1.82) is 0 Å². The zero-order valence-corrected chi connectivity index (χ0v) is 39.2. The average Bonchev–Trinajstić information content (AvgIpc) is 3.28. The zero-order valence-electron chi connectivity index (χ0n) is 35.9. The highest BCUT2D eigenvalue weighted by molar-refractivity contribution is 8.00. The molecule has 4 rings (SSSR count). The fraction of sp³-hybridized carbons (Fsp3) is 0.458. The number of hydrogen-bond donors (Lipinski definition) is 0. The van der Waals surface area contributed by atoms with E-state index in [0.29, 0.717) is 25.0 Å². The van der Waals surface area contributed by atoms with Crippen LogP contribution < -0.4 is 0 Å². The molecule has 4 aromatic carbocycles. The van der Waals surface area contributed by atoms with E-state index in [-0.39, 0.29) is 24.4 Å². The number of carbonyl (C=O) groups excluding carboxylic acids is 2. The van der Waals surface area contributed by atoms with Crippen LogP contribution in [-0.4, -0.2) is 45.1 Å². The predicted molar refractivity (Wildman–Crippen MR) is 245 cm³/mol. The van der Waals surface area contributed by atoms with Gasteiger partial charge in [-0.25, -0.2) is 43.9 Å².